The summed E-state index contributed by atoms with van der Waals surface area (Å²) in [5.41, 5.74) is 6.10. The quantitative estimate of drug-likeness (QED) is 0.683. The second-order valence-corrected chi connectivity index (χ2v) is 4.92. The van der Waals surface area contributed by atoms with Crippen LogP contribution in [-0.4, -0.2) is 28.5 Å². The fraction of sp³-hybridized carbons (Fsp3) is 0.545. The lowest BCUT2D eigenvalue weighted by Gasteiger charge is -2.12. The minimum Gasteiger partial charge on any atom is -0.481 e. The van der Waals surface area contributed by atoms with E-state index in [0.29, 0.717) is 17.4 Å². The Morgan fingerprint density at radius 3 is 2.83 bits per heavy atom. The van der Waals surface area contributed by atoms with Crippen LogP contribution in [0.4, 0.5) is 5.13 Å². The van der Waals surface area contributed by atoms with Gasteiger partial charge in [0.25, 0.3) is 0 Å². The Kier molecular flexibility index (Phi) is 5.57. The Bertz CT molecular complexity index is 419. The summed E-state index contributed by atoms with van der Waals surface area (Å²) in [7, 11) is 0. The van der Waals surface area contributed by atoms with E-state index in [2.05, 4.69) is 10.3 Å². The minimum absolute atomic E-state index is 0.0352. The van der Waals surface area contributed by atoms with Crippen molar-refractivity contribution in [2.24, 2.45) is 5.92 Å². The summed E-state index contributed by atoms with van der Waals surface area (Å²) < 4.78 is 0. The summed E-state index contributed by atoms with van der Waals surface area (Å²) in [5.74, 6) is -1.04. The van der Waals surface area contributed by atoms with Gasteiger partial charge in [0.05, 0.1) is 12.1 Å². The monoisotopic (exact) mass is 271 g/mol. The van der Waals surface area contributed by atoms with Crippen molar-refractivity contribution in [2.45, 2.75) is 26.2 Å². The maximum atomic E-state index is 11.6. The lowest BCUT2D eigenvalue weighted by molar-refractivity contribution is -0.138. The number of thiazole rings is 1. The molecular formula is C11H17N3O3S. The molecular weight excluding hydrogens is 254 g/mol. The van der Waals surface area contributed by atoms with Crippen LogP contribution in [0.1, 0.15) is 25.5 Å². The highest BCUT2D eigenvalue weighted by Gasteiger charge is 2.13. The lowest BCUT2D eigenvalue weighted by atomic mass is 10.0. The van der Waals surface area contributed by atoms with Crippen molar-refractivity contribution in [1.82, 2.24) is 10.3 Å². The van der Waals surface area contributed by atoms with Crippen LogP contribution in [-0.2, 0) is 16.0 Å². The first-order valence-electron chi connectivity index (χ1n) is 5.69. The number of nitrogens with two attached hydrogens (primary N) is 1. The van der Waals surface area contributed by atoms with Gasteiger partial charge in [0.1, 0.15) is 0 Å². The van der Waals surface area contributed by atoms with Crippen LogP contribution in [0, 0.1) is 5.92 Å². The van der Waals surface area contributed by atoms with Crippen molar-refractivity contribution in [3.05, 3.63) is 11.1 Å². The fourth-order valence-electron chi connectivity index (χ4n) is 1.50. The summed E-state index contributed by atoms with van der Waals surface area (Å²) in [6, 6.07) is 0. The van der Waals surface area contributed by atoms with Gasteiger partial charge in [-0.05, 0) is 5.92 Å². The predicted molar refractivity (Wildman–Crippen MR) is 69.3 cm³/mol. The Hall–Kier alpha value is -1.63. The molecule has 0 aliphatic carbocycles. The van der Waals surface area contributed by atoms with Crippen LogP contribution in [0.3, 0.4) is 0 Å². The van der Waals surface area contributed by atoms with Crippen molar-refractivity contribution in [2.75, 3.05) is 12.3 Å². The minimum atomic E-state index is -0.844. The largest absolute Gasteiger partial charge is 0.481 e. The zero-order valence-corrected chi connectivity index (χ0v) is 11.0. The van der Waals surface area contributed by atoms with Gasteiger partial charge in [-0.15, -0.1) is 11.3 Å². The van der Waals surface area contributed by atoms with Crippen LogP contribution in [0.25, 0.3) is 0 Å². The number of nitrogens with one attached hydrogen (secondary N) is 1. The zero-order valence-electron chi connectivity index (χ0n) is 10.2. The van der Waals surface area contributed by atoms with Gasteiger partial charge in [-0.25, -0.2) is 4.98 Å². The molecule has 100 valence electrons. The maximum Gasteiger partial charge on any atom is 0.303 e. The number of carbonyl (C=O) groups is 2. The molecule has 0 bridgehead atoms. The molecule has 0 spiro atoms. The zero-order chi connectivity index (χ0) is 13.5. The number of amides is 1. The van der Waals surface area contributed by atoms with Crippen molar-refractivity contribution >= 4 is 28.3 Å². The number of carboxylic acids is 1. The van der Waals surface area contributed by atoms with Crippen LogP contribution < -0.4 is 11.1 Å². The number of hydrogen-bond acceptors (Lipinski definition) is 5. The molecule has 1 atom stereocenters. The molecule has 0 fully saturated rings. The molecule has 18 heavy (non-hydrogen) atoms. The van der Waals surface area contributed by atoms with E-state index in [1.54, 1.807) is 5.38 Å². The van der Waals surface area contributed by atoms with Crippen LogP contribution >= 0.6 is 11.3 Å². The van der Waals surface area contributed by atoms with E-state index >= 15 is 0 Å². The number of rotatable bonds is 7. The van der Waals surface area contributed by atoms with E-state index < -0.39 is 5.97 Å². The molecule has 7 heteroatoms. The standard InChI is InChI=1S/C11H17N3O3S/c1-2-7(3-10(16)17)5-13-9(15)4-8-6-18-11(12)14-8/h6-7H,2-5H2,1H3,(H2,12,14)(H,13,15)(H,16,17). The molecule has 0 radical (unpaired) electrons. The van der Waals surface area contributed by atoms with Crippen LogP contribution in [0.5, 0.6) is 0 Å². The van der Waals surface area contributed by atoms with Crippen molar-refractivity contribution < 1.29 is 14.7 Å². The average Bonchev–Trinajstić information content (AvgIpc) is 2.69. The third-order valence-electron chi connectivity index (χ3n) is 2.54. The van der Waals surface area contributed by atoms with Gasteiger partial charge in [-0.1, -0.05) is 13.3 Å². The number of anilines is 1. The molecule has 1 aromatic heterocycles. The number of carboxylic acid groups (broad SMARTS) is 1. The van der Waals surface area contributed by atoms with E-state index in [9.17, 15) is 9.59 Å². The van der Waals surface area contributed by atoms with Crippen molar-refractivity contribution in [1.29, 1.82) is 0 Å². The highest BCUT2D eigenvalue weighted by Crippen LogP contribution is 2.11. The number of nitrogen functional groups attached to an aromatic ring is 1. The van der Waals surface area contributed by atoms with Crippen LogP contribution in [0.15, 0.2) is 5.38 Å². The van der Waals surface area contributed by atoms with E-state index in [4.69, 9.17) is 10.8 Å². The van der Waals surface area contributed by atoms with E-state index in [1.807, 2.05) is 6.92 Å². The number of hydrogen-bond donors (Lipinski definition) is 3. The number of aliphatic carboxylic acids is 1. The van der Waals surface area contributed by atoms with Gasteiger partial charge < -0.3 is 16.2 Å². The lowest BCUT2D eigenvalue weighted by Crippen LogP contribution is -2.31. The van der Waals surface area contributed by atoms with Gasteiger partial charge in [0.15, 0.2) is 5.13 Å². The molecule has 0 aromatic carbocycles. The molecule has 1 unspecified atom stereocenters. The smallest absolute Gasteiger partial charge is 0.303 e. The SMILES string of the molecule is CCC(CNC(=O)Cc1csc(N)n1)CC(=O)O. The highest BCUT2D eigenvalue weighted by molar-refractivity contribution is 7.13. The molecule has 1 heterocycles. The third kappa shape index (κ3) is 5.13. The molecule has 0 aliphatic heterocycles. The Balaban J connectivity index is 2.33. The van der Waals surface area contributed by atoms with Crippen molar-refractivity contribution in [3.8, 4) is 0 Å². The Labute approximate surface area is 109 Å². The van der Waals surface area contributed by atoms with Crippen LogP contribution in [0.2, 0.25) is 0 Å². The Morgan fingerprint density at radius 2 is 2.33 bits per heavy atom. The highest BCUT2D eigenvalue weighted by atomic mass is 32.1. The second kappa shape index (κ2) is 6.95. The predicted octanol–water partition coefficient (Wildman–Crippen LogP) is 0.885. The maximum absolute atomic E-state index is 11.6. The second-order valence-electron chi connectivity index (χ2n) is 4.03. The Morgan fingerprint density at radius 1 is 1.61 bits per heavy atom. The fourth-order valence-corrected chi connectivity index (χ4v) is 2.06. The first kappa shape index (κ1) is 14.4. The van der Waals surface area contributed by atoms with E-state index in [1.165, 1.54) is 11.3 Å². The van der Waals surface area contributed by atoms with E-state index in [-0.39, 0.29) is 24.7 Å². The molecule has 0 saturated carbocycles. The van der Waals surface area contributed by atoms with Gasteiger partial charge >= 0.3 is 5.97 Å². The average molecular weight is 271 g/mol. The van der Waals surface area contributed by atoms with Gasteiger partial charge in [-0.2, -0.15) is 0 Å². The van der Waals surface area contributed by atoms with E-state index in [0.717, 1.165) is 6.42 Å². The molecule has 1 rings (SSSR count). The first-order chi connectivity index (χ1) is 8.51. The summed E-state index contributed by atoms with van der Waals surface area (Å²) in [5, 5.41) is 13.6. The summed E-state index contributed by atoms with van der Waals surface area (Å²) in [6.45, 7) is 2.28. The summed E-state index contributed by atoms with van der Waals surface area (Å²) in [6.07, 6.45) is 0.966. The molecule has 0 saturated heterocycles. The topological polar surface area (TPSA) is 105 Å². The molecule has 1 amide bonds. The van der Waals surface area contributed by atoms with Gasteiger partial charge in [-0.3, -0.25) is 9.59 Å². The molecule has 6 nitrogen and oxygen atoms in total. The van der Waals surface area contributed by atoms with Crippen molar-refractivity contribution in [3.63, 3.8) is 0 Å². The normalized spacial score (nSPS) is 12.1. The molecule has 0 aliphatic rings. The summed E-state index contributed by atoms with van der Waals surface area (Å²) >= 11 is 1.29. The number of nitrogens with zero attached hydrogens (tertiary/aromatic N) is 1. The third-order valence-corrected chi connectivity index (χ3v) is 3.26. The summed E-state index contributed by atoms with van der Waals surface area (Å²) in [4.78, 5) is 26.2. The van der Waals surface area contributed by atoms with Gasteiger partial charge in [0, 0.05) is 18.3 Å². The first-order valence-corrected chi connectivity index (χ1v) is 6.57. The number of carbonyl (C=O) groups excluding carboxylic acids is 1. The number of aromatic nitrogens is 1. The molecule has 4 N–H and O–H groups in total. The molecule has 1 aromatic rings. The van der Waals surface area contributed by atoms with Gasteiger partial charge in [0.2, 0.25) is 5.91 Å².